The SMILES string of the molecule is CC(C)(C)[C@@H](CO)NC(=O)n1nc(-c2cc(F)c(F)cc2F)c2c1CCOC2. The zero-order chi connectivity index (χ0) is 20.6. The summed E-state index contributed by atoms with van der Waals surface area (Å²) >= 11 is 0. The van der Waals surface area contributed by atoms with Gasteiger partial charge in [-0.1, -0.05) is 20.8 Å². The van der Waals surface area contributed by atoms with Crippen LogP contribution in [0.2, 0.25) is 0 Å². The molecule has 1 aromatic carbocycles. The molecule has 6 nitrogen and oxygen atoms in total. The average Bonchev–Trinajstić information content (AvgIpc) is 3.01. The van der Waals surface area contributed by atoms with Crippen LogP contribution in [0.25, 0.3) is 11.3 Å². The summed E-state index contributed by atoms with van der Waals surface area (Å²) in [6.07, 6.45) is 0.348. The Bertz CT molecular complexity index is 906. The van der Waals surface area contributed by atoms with Gasteiger partial charge in [-0.2, -0.15) is 9.78 Å². The number of carbonyl (C=O) groups is 1. The van der Waals surface area contributed by atoms with E-state index in [1.165, 1.54) is 0 Å². The standard InChI is InChI=1S/C19H22F3N3O3/c1-19(2,3)16(8-26)23-18(27)25-15-4-5-28-9-11(15)17(24-25)10-6-13(21)14(22)7-12(10)20/h6-7,16,26H,4-5,8-9H2,1-3H3,(H,23,27)/t16-/m1/s1. The van der Waals surface area contributed by atoms with E-state index in [1.54, 1.807) is 0 Å². The monoisotopic (exact) mass is 397 g/mol. The van der Waals surface area contributed by atoms with Crippen molar-refractivity contribution >= 4 is 6.03 Å². The first-order valence-electron chi connectivity index (χ1n) is 8.88. The van der Waals surface area contributed by atoms with Crippen LogP contribution in [0.3, 0.4) is 0 Å². The van der Waals surface area contributed by atoms with Crippen molar-refractivity contribution in [1.29, 1.82) is 0 Å². The van der Waals surface area contributed by atoms with Gasteiger partial charge in [0.05, 0.1) is 31.6 Å². The van der Waals surface area contributed by atoms with Crippen LogP contribution in [-0.4, -0.2) is 40.2 Å². The number of halogens is 3. The van der Waals surface area contributed by atoms with Gasteiger partial charge in [0.1, 0.15) is 11.5 Å². The number of aliphatic hydroxyl groups is 1. The molecule has 1 aromatic heterocycles. The summed E-state index contributed by atoms with van der Waals surface area (Å²) in [5, 5.41) is 16.5. The number of aliphatic hydroxyl groups excluding tert-OH is 1. The molecule has 0 aliphatic carbocycles. The number of aromatic nitrogens is 2. The van der Waals surface area contributed by atoms with E-state index in [0.29, 0.717) is 30.4 Å². The molecule has 1 atom stereocenters. The zero-order valence-electron chi connectivity index (χ0n) is 15.9. The Morgan fingerprint density at radius 2 is 1.96 bits per heavy atom. The molecular weight excluding hydrogens is 375 g/mol. The van der Waals surface area contributed by atoms with Crippen LogP contribution in [0.5, 0.6) is 0 Å². The molecule has 0 saturated carbocycles. The maximum Gasteiger partial charge on any atom is 0.342 e. The van der Waals surface area contributed by atoms with E-state index in [4.69, 9.17) is 4.74 Å². The van der Waals surface area contributed by atoms with Crippen molar-refractivity contribution in [1.82, 2.24) is 15.1 Å². The Hall–Kier alpha value is -2.39. The van der Waals surface area contributed by atoms with Crippen LogP contribution < -0.4 is 5.32 Å². The van der Waals surface area contributed by atoms with E-state index >= 15 is 0 Å². The van der Waals surface area contributed by atoms with Gasteiger partial charge in [0, 0.05) is 23.6 Å². The molecule has 0 bridgehead atoms. The lowest BCUT2D eigenvalue weighted by atomic mass is 9.87. The number of hydrogen-bond donors (Lipinski definition) is 2. The van der Waals surface area contributed by atoms with Crippen LogP contribution >= 0.6 is 0 Å². The van der Waals surface area contributed by atoms with Gasteiger partial charge < -0.3 is 15.2 Å². The number of nitrogens with zero attached hydrogens (tertiary/aromatic N) is 2. The molecule has 152 valence electrons. The van der Waals surface area contributed by atoms with E-state index in [-0.39, 0.29) is 24.5 Å². The Labute approximate surface area is 160 Å². The number of ether oxygens (including phenoxy) is 1. The second-order valence-electron chi connectivity index (χ2n) is 7.79. The molecule has 28 heavy (non-hydrogen) atoms. The lowest BCUT2D eigenvalue weighted by Crippen LogP contribution is -2.48. The molecule has 2 heterocycles. The molecule has 1 aliphatic rings. The summed E-state index contributed by atoms with van der Waals surface area (Å²) in [5.41, 5.74) is 0.325. The molecule has 2 N–H and O–H groups in total. The number of hydrogen-bond acceptors (Lipinski definition) is 4. The van der Waals surface area contributed by atoms with Crippen LogP contribution in [-0.2, 0) is 17.8 Å². The minimum atomic E-state index is -1.31. The van der Waals surface area contributed by atoms with Crippen molar-refractivity contribution in [2.75, 3.05) is 13.2 Å². The highest BCUT2D eigenvalue weighted by Crippen LogP contribution is 2.32. The molecule has 0 saturated heterocycles. The summed E-state index contributed by atoms with van der Waals surface area (Å²) in [7, 11) is 0. The number of fused-ring (bicyclic) bond motifs is 1. The summed E-state index contributed by atoms with van der Waals surface area (Å²) in [4.78, 5) is 12.8. The fraction of sp³-hybridized carbons (Fsp3) is 0.474. The van der Waals surface area contributed by atoms with E-state index < -0.39 is 34.9 Å². The maximum absolute atomic E-state index is 14.3. The van der Waals surface area contributed by atoms with Crippen LogP contribution in [0.1, 0.15) is 32.0 Å². The van der Waals surface area contributed by atoms with E-state index in [2.05, 4.69) is 10.4 Å². The normalized spacial score (nSPS) is 15.2. The van der Waals surface area contributed by atoms with E-state index in [1.807, 2.05) is 20.8 Å². The third-order valence-corrected chi connectivity index (χ3v) is 4.80. The predicted molar refractivity (Wildman–Crippen MR) is 95.2 cm³/mol. The second-order valence-corrected chi connectivity index (χ2v) is 7.79. The first-order valence-corrected chi connectivity index (χ1v) is 8.88. The largest absolute Gasteiger partial charge is 0.394 e. The van der Waals surface area contributed by atoms with Gasteiger partial charge >= 0.3 is 6.03 Å². The topological polar surface area (TPSA) is 76.4 Å². The Balaban J connectivity index is 2.05. The molecule has 1 aliphatic heterocycles. The van der Waals surface area contributed by atoms with Gasteiger partial charge in [-0.25, -0.2) is 18.0 Å². The fourth-order valence-electron chi connectivity index (χ4n) is 3.07. The molecular formula is C19H22F3N3O3. The van der Waals surface area contributed by atoms with E-state index in [0.717, 1.165) is 10.7 Å². The molecule has 0 radical (unpaired) electrons. The minimum Gasteiger partial charge on any atom is -0.394 e. The van der Waals surface area contributed by atoms with Gasteiger partial charge in [0.25, 0.3) is 0 Å². The van der Waals surface area contributed by atoms with Crippen LogP contribution in [0, 0.1) is 22.9 Å². The lowest BCUT2D eigenvalue weighted by Gasteiger charge is -2.29. The van der Waals surface area contributed by atoms with Crippen LogP contribution in [0.15, 0.2) is 12.1 Å². The molecule has 0 spiro atoms. The fourth-order valence-corrected chi connectivity index (χ4v) is 3.07. The second kappa shape index (κ2) is 7.56. The van der Waals surface area contributed by atoms with Gasteiger partial charge in [-0.3, -0.25) is 0 Å². The molecule has 0 unspecified atom stereocenters. The number of rotatable bonds is 3. The Morgan fingerprint density at radius 3 is 2.61 bits per heavy atom. The van der Waals surface area contributed by atoms with Gasteiger partial charge in [-0.05, 0) is 11.5 Å². The third-order valence-electron chi connectivity index (χ3n) is 4.80. The van der Waals surface area contributed by atoms with Crippen molar-refractivity contribution in [3.63, 3.8) is 0 Å². The lowest BCUT2D eigenvalue weighted by molar-refractivity contribution is 0.109. The highest BCUT2D eigenvalue weighted by atomic mass is 19.2. The summed E-state index contributed by atoms with van der Waals surface area (Å²) in [6.45, 7) is 5.73. The minimum absolute atomic E-state index is 0.0255. The van der Waals surface area contributed by atoms with Gasteiger partial charge in [0.2, 0.25) is 0 Å². The Morgan fingerprint density at radius 1 is 1.29 bits per heavy atom. The molecule has 9 heteroatoms. The molecule has 3 rings (SSSR count). The molecule has 0 fully saturated rings. The zero-order valence-corrected chi connectivity index (χ0v) is 15.9. The highest BCUT2D eigenvalue weighted by molar-refractivity contribution is 5.79. The smallest absolute Gasteiger partial charge is 0.342 e. The van der Waals surface area contributed by atoms with Crippen molar-refractivity contribution in [2.45, 2.75) is 39.8 Å². The number of amides is 1. The first kappa shape index (κ1) is 20.3. The first-order chi connectivity index (χ1) is 13.1. The van der Waals surface area contributed by atoms with Crippen LogP contribution in [0.4, 0.5) is 18.0 Å². The van der Waals surface area contributed by atoms with Gasteiger partial charge in [-0.15, -0.1) is 0 Å². The quantitative estimate of drug-likeness (QED) is 0.781. The predicted octanol–water partition coefficient (Wildman–Crippen LogP) is 3.00. The molecule has 2 aromatic rings. The van der Waals surface area contributed by atoms with E-state index in [9.17, 15) is 23.1 Å². The number of carbonyl (C=O) groups excluding carboxylic acids is 1. The van der Waals surface area contributed by atoms with Crippen molar-refractivity contribution in [3.05, 3.63) is 40.8 Å². The van der Waals surface area contributed by atoms with Crippen molar-refractivity contribution in [2.24, 2.45) is 5.41 Å². The summed E-state index contributed by atoms with van der Waals surface area (Å²) in [6, 6.07) is 0.0290. The van der Waals surface area contributed by atoms with Gasteiger partial charge in [0.15, 0.2) is 11.6 Å². The summed E-state index contributed by atoms with van der Waals surface area (Å²) < 4.78 is 47.7. The Kier molecular flexibility index (Phi) is 5.49. The highest BCUT2D eigenvalue weighted by Gasteiger charge is 2.30. The van der Waals surface area contributed by atoms with Crippen molar-refractivity contribution in [3.8, 4) is 11.3 Å². The third kappa shape index (κ3) is 3.77. The number of benzene rings is 1. The number of nitrogens with one attached hydrogen (secondary N) is 1. The maximum atomic E-state index is 14.3. The molecule has 1 amide bonds. The summed E-state index contributed by atoms with van der Waals surface area (Å²) in [5.74, 6) is -3.51. The van der Waals surface area contributed by atoms with Crippen molar-refractivity contribution < 1.29 is 27.8 Å². The average molecular weight is 397 g/mol.